The number of phenols is 1. The highest BCUT2D eigenvalue weighted by Crippen LogP contribution is 2.22. The molecule has 0 saturated carbocycles. The lowest BCUT2D eigenvalue weighted by molar-refractivity contribution is 0.467. The fraction of sp³-hybridized carbons (Fsp3) is 0.647. The summed E-state index contributed by atoms with van der Waals surface area (Å²) in [5.41, 5.74) is 7.83. The van der Waals surface area contributed by atoms with Gasteiger partial charge in [0.05, 0.1) is 0 Å². The summed E-state index contributed by atoms with van der Waals surface area (Å²) < 4.78 is 0. The zero-order chi connectivity index (χ0) is 13.9. The van der Waals surface area contributed by atoms with Gasteiger partial charge in [-0.3, -0.25) is 0 Å². The Hall–Kier alpha value is -1.02. The van der Waals surface area contributed by atoms with E-state index in [9.17, 15) is 5.11 Å². The average molecular weight is 263 g/mol. The van der Waals surface area contributed by atoms with Crippen molar-refractivity contribution in [1.29, 1.82) is 0 Å². The summed E-state index contributed by atoms with van der Waals surface area (Å²) in [6.07, 6.45) is 11.7. The molecule has 0 heterocycles. The Morgan fingerprint density at radius 2 is 1.58 bits per heavy atom. The van der Waals surface area contributed by atoms with E-state index in [4.69, 9.17) is 5.73 Å². The van der Waals surface area contributed by atoms with Crippen LogP contribution in [0.4, 0.5) is 0 Å². The molecule has 2 heteroatoms. The maximum absolute atomic E-state index is 9.73. The summed E-state index contributed by atoms with van der Waals surface area (Å²) in [4.78, 5) is 0. The molecule has 0 aromatic heterocycles. The van der Waals surface area contributed by atoms with E-state index in [1.54, 1.807) is 6.07 Å². The third-order valence-electron chi connectivity index (χ3n) is 3.75. The zero-order valence-corrected chi connectivity index (χ0v) is 12.3. The Bertz CT molecular complexity index is 349. The van der Waals surface area contributed by atoms with Crippen LogP contribution in [0.25, 0.3) is 0 Å². The topological polar surface area (TPSA) is 46.2 Å². The number of nitrogens with two attached hydrogens (primary N) is 1. The molecule has 1 aromatic rings. The SMILES string of the molecule is CCCCCCCCCCc1cccc(O)c1CN. The molecule has 1 rings (SSSR count). The van der Waals surface area contributed by atoms with Crippen LogP contribution in [0.3, 0.4) is 0 Å². The molecule has 1 aromatic carbocycles. The minimum absolute atomic E-state index is 0.347. The molecular weight excluding hydrogens is 234 g/mol. The van der Waals surface area contributed by atoms with Crippen LogP contribution in [0.2, 0.25) is 0 Å². The first-order valence-electron chi connectivity index (χ1n) is 7.79. The van der Waals surface area contributed by atoms with Crippen LogP contribution in [0.15, 0.2) is 18.2 Å². The molecule has 2 nitrogen and oxygen atoms in total. The summed E-state index contributed by atoms with van der Waals surface area (Å²) in [5.74, 6) is 0.347. The molecular formula is C17H29NO. The summed E-state index contributed by atoms with van der Waals surface area (Å²) >= 11 is 0. The summed E-state index contributed by atoms with van der Waals surface area (Å²) in [6.45, 7) is 2.68. The monoisotopic (exact) mass is 263 g/mol. The average Bonchev–Trinajstić information content (AvgIpc) is 2.42. The smallest absolute Gasteiger partial charge is 0.120 e. The molecule has 0 aliphatic heterocycles. The van der Waals surface area contributed by atoms with Crippen molar-refractivity contribution in [1.82, 2.24) is 0 Å². The number of benzene rings is 1. The van der Waals surface area contributed by atoms with E-state index >= 15 is 0 Å². The van der Waals surface area contributed by atoms with Crippen molar-refractivity contribution in [2.75, 3.05) is 0 Å². The number of phenolic OH excluding ortho intramolecular Hbond substituents is 1. The van der Waals surface area contributed by atoms with Gasteiger partial charge in [-0.25, -0.2) is 0 Å². The Morgan fingerprint density at radius 1 is 0.947 bits per heavy atom. The Balaban J connectivity index is 2.17. The first-order chi connectivity index (χ1) is 9.29. The van der Waals surface area contributed by atoms with Gasteiger partial charge in [0, 0.05) is 12.1 Å². The maximum atomic E-state index is 9.73. The lowest BCUT2D eigenvalue weighted by Crippen LogP contribution is -2.02. The fourth-order valence-electron chi connectivity index (χ4n) is 2.54. The van der Waals surface area contributed by atoms with Crippen molar-refractivity contribution in [2.24, 2.45) is 5.73 Å². The van der Waals surface area contributed by atoms with E-state index in [-0.39, 0.29) is 0 Å². The number of hydrogen-bond donors (Lipinski definition) is 2. The first kappa shape index (κ1) is 16.0. The summed E-state index contributed by atoms with van der Waals surface area (Å²) in [5, 5.41) is 9.73. The highest BCUT2D eigenvalue weighted by Gasteiger charge is 2.05. The minimum atomic E-state index is 0.347. The quantitative estimate of drug-likeness (QED) is 0.609. The number of aromatic hydroxyl groups is 1. The maximum Gasteiger partial charge on any atom is 0.120 e. The molecule has 0 atom stereocenters. The van der Waals surface area contributed by atoms with E-state index in [1.165, 1.54) is 56.9 Å². The van der Waals surface area contributed by atoms with Gasteiger partial charge in [-0.2, -0.15) is 0 Å². The Morgan fingerprint density at radius 3 is 2.21 bits per heavy atom. The Labute approximate surface area is 118 Å². The van der Waals surface area contributed by atoms with Crippen molar-refractivity contribution in [3.05, 3.63) is 29.3 Å². The van der Waals surface area contributed by atoms with Crippen molar-refractivity contribution in [2.45, 2.75) is 71.3 Å². The second-order valence-corrected chi connectivity index (χ2v) is 5.34. The van der Waals surface area contributed by atoms with Crippen LogP contribution >= 0.6 is 0 Å². The number of hydrogen-bond acceptors (Lipinski definition) is 2. The molecule has 0 aliphatic carbocycles. The number of rotatable bonds is 10. The van der Waals surface area contributed by atoms with E-state index in [0.29, 0.717) is 12.3 Å². The molecule has 3 N–H and O–H groups in total. The van der Waals surface area contributed by atoms with Crippen LogP contribution < -0.4 is 5.73 Å². The third kappa shape index (κ3) is 6.11. The molecule has 108 valence electrons. The molecule has 0 bridgehead atoms. The predicted octanol–water partition coefficient (Wildman–Crippen LogP) is 4.53. The van der Waals surface area contributed by atoms with E-state index < -0.39 is 0 Å². The summed E-state index contributed by atoms with van der Waals surface area (Å²) in [7, 11) is 0. The Kier molecular flexibility index (Phi) is 8.31. The van der Waals surface area contributed by atoms with Gasteiger partial charge < -0.3 is 10.8 Å². The van der Waals surface area contributed by atoms with Gasteiger partial charge in [-0.1, -0.05) is 64.0 Å². The predicted molar refractivity (Wildman–Crippen MR) is 82.3 cm³/mol. The van der Waals surface area contributed by atoms with E-state index in [1.807, 2.05) is 6.07 Å². The van der Waals surface area contributed by atoms with Crippen LogP contribution in [-0.2, 0) is 13.0 Å². The van der Waals surface area contributed by atoms with Gasteiger partial charge in [-0.15, -0.1) is 0 Å². The fourth-order valence-corrected chi connectivity index (χ4v) is 2.54. The summed E-state index contributed by atoms with van der Waals surface area (Å²) in [6, 6.07) is 5.72. The lowest BCUT2D eigenvalue weighted by Gasteiger charge is -2.09. The van der Waals surface area contributed by atoms with Crippen LogP contribution in [-0.4, -0.2) is 5.11 Å². The normalized spacial score (nSPS) is 10.8. The third-order valence-corrected chi connectivity index (χ3v) is 3.75. The van der Waals surface area contributed by atoms with Crippen molar-refractivity contribution < 1.29 is 5.11 Å². The van der Waals surface area contributed by atoms with Crippen molar-refractivity contribution in [3.63, 3.8) is 0 Å². The number of aryl methyl sites for hydroxylation is 1. The van der Waals surface area contributed by atoms with Crippen molar-refractivity contribution >= 4 is 0 Å². The number of unbranched alkanes of at least 4 members (excludes halogenated alkanes) is 7. The molecule has 0 radical (unpaired) electrons. The molecule has 19 heavy (non-hydrogen) atoms. The lowest BCUT2D eigenvalue weighted by atomic mass is 9.99. The second kappa shape index (κ2) is 9.85. The van der Waals surface area contributed by atoms with Crippen LogP contribution in [0, 0.1) is 0 Å². The van der Waals surface area contributed by atoms with Crippen LogP contribution in [0.1, 0.15) is 69.4 Å². The van der Waals surface area contributed by atoms with Gasteiger partial charge in [0.2, 0.25) is 0 Å². The molecule has 0 amide bonds. The largest absolute Gasteiger partial charge is 0.508 e. The van der Waals surface area contributed by atoms with Gasteiger partial charge in [-0.05, 0) is 24.5 Å². The van der Waals surface area contributed by atoms with Gasteiger partial charge in [0.25, 0.3) is 0 Å². The van der Waals surface area contributed by atoms with Gasteiger partial charge in [0.15, 0.2) is 0 Å². The molecule has 0 saturated heterocycles. The van der Waals surface area contributed by atoms with Gasteiger partial charge in [0.1, 0.15) is 5.75 Å². The zero-order valence-electron chi connectivity index (χ0n) is 12.3. The van der Waals surface area contributed by atoms with E-state index in [2.05, 4.69) is 13.0 Å². The first-order valence-corrected chi connectivity index (χ1v) is 7.79. The standard InChI is InChI=1S/C17H29NO/c1-2-3-4-5-6-7-8-9-11-15-12-10-13-17(19)16(15)14-18/h10,12-13,19H,2-9,11,14,18H2,1H3. The highest BCUT2D eigenvalue weighted by molar-refractivity contribution is 5.39. The van der Waals surface area contributed by atoms with Gasteiger partial charge >= 0.3 is 0 Å². The molecule has 0 fully saturated rings. The molecule has 0 unspecified atom stereocenters. The van der Waals surface area contributed by atoms with Crippen molar-refractivity contribution in [3.8, 4) is 5.75 Å². The van der Waals surface area contributed by atoms with E-state index in [0.717, 1.165) is 12.0 Å². The molecule has 0 aliphatic rings. The highest BCUT2D eigenvalue weighted by atomic mass is 16.3. The van der Waals surface area contributed by atoms with Crippen LogP contribution in [0.5, 0.6) is 5.75 Å². The molecule has 0 spiro atoms. The minimum Gasteiger partial charge on any atom is -0.508 e. The second-order valence-electron chi connectivity index (χ2n) is 5.34.